The van der Waals surface area contributed by atoms with Crippen LogP contribution in [0.15, 0.2) is 36.9 Å². The van der Waals surface area contributed by atoms with E-state index in [1.807, 2.05) is 20.8 Å². The van der Waals surface area contributed by atoms with Gasteiger partial charge < -0.3 is 9.84 Å². The van der Waals surface area contributed by atoms with Crippen LogP contribution < -0.4 is 4.74 Å². The van der Waals surface area contributed by atoms with Gasteiger partial charge in [-0.15, -0.1) is 0 Å². The Balaban J connectivity index is 2.26. The van der Waals surface area contributed by atoms with Gasteiger partial charge in [0.2, 0.25) is 6.23 Å². The van der Waals surface area contributed by atoms with Gasteiger partial charge >= 0.3 is 0 Å². The first-order valence-electron chi connectivity index (χ1n) is 6.32. The number of aliphatic hydroxyl groups excluding tert-OH is 1. The molecule has 0 spiro atoms. The Kier molecular flexibility index (Phi) is 4.30. The molecule has 0 unspecified atom stereocenters. The molecule has 1 heterocycles. The number of nitrogens with zero attached hydrogens (tertiary/aromatic N) is 3. The van der Waals surface area contributed by atoms with Crippen LogP contribution in [0.2, 0.25) is 5.02 Å². The van der Waals surface area contributed by atoms with E-state index in [9.17, 15) is 5.11 Å². The molecule has 6 heteroatoms. The molecule has 5 nitrogen and oxygen atoms in total. The molecule has 0 radical (unpaired) electrons. The van der Waals surface area contributed by atoms with Crippen LogP contribution in [-0.2, 0) is 0 Å². The number of halogens is 1. The largest absolute Gasteiger partial charge is 0.466 e. The number of rotatable bonds is 4. The van der Waals surface area contributed by atoms with Crippen molar-refractivity contribution in [1.29, 1.82) is 0 Å². The molecule has 0 bridgehead atoms. The predicted octanol–water partition coefficient (Wildman–Crippen LogP) is 2.92. The van der Waals surface area contributed by atoms with Crippen LogP contribution in [-0.4, -0.2) is 26.0 Å². The molecule has 2 atom stereocenters. The van der Waals surface area contributed by atoms with E-state index in [0.29, 0.717) is 10.8 Å². The fourth-order valence-corrected chi connectivity index (χ4v) is 1.82. The third-order valence-corrected chi connectivity index (χ3v) is 3.18. The SMILES string of the molecule is CC(C)(C)[C@@H](O)[C@H](Oc1ccc(Cl)cc1)n1cncn1. The molecule has 2 aromatic rings. The Bertz CT molecular complexity index is 535. The van der Waals surface area contributed by atoms with Gasteiger partial charge in [0.05, 0.1) is 0 Å². The first-order valence-corrected chi connectivity index (χ1v) is 6.70. The van der Waals surface area contributed by atoms with Crippen molar-refractivity contribution in [1.82, 2.24) is 14.8 Å². The van der Waals surface area contributed by atoms with Crippen molar-refractivity contribution in [3.05, 3.63) is 41.9 Å². The Hall–Kier alpha value is -1.59. The highest BCUT2D eigenvalue weighted by atomic mass is 35.5. The Morgan fingerprint density at radius 3 is 2.40 bits per heavy atom. The van der Waals surface area contributed by atoms with E-state index >= 15 is 0 Å². The molecule has 0 amide bonds. The average Bonchev–Trinajstić information content (AvgIpc) is 2.90. The van der Waals surface area contributed by atoms with Crippen molar-refractivity contribution in [3.63, 3.8) is 0 Å². The Labute approximate surface area is 123 Å². The quantitative estimate of drug-likeness (QED) is 0.942. The molecule has 0 aliphatic heterocycles. The molecule has 1 aromatic carbocycles. The molecule has 20 heavy (non-hydrogen) atoms. The van der Waals surface area contributed by atoms with Gasteiger partial charge in [0.15, 0.2) is 0 Å². The summed E-state index contributed by atoms with van der Waals surface area (Å²) in [6, 6.07) is 6.97. The molecule has 1 N–H and O–H groups in total. The summed E-state index contributed by atoms with van der Waals surface area (Å²) in [6.45, 7) is 5.81. The zero-order valence-electron chi connectivity index (χ0n) is 11.7. The second kappa shape index (κ2) is 5.81. The number of aromatic nitrogens is 3. The Morgan fingerprint density at radius 1 is 1.25 bits per heavy atom. The third-order valence-electron chi connectivity index (χ3n) is 2.93. The summed E-state index contributed by atoms with van der Waals surface area (Å²) in [5.74, 6) is 0.609. The molecule has 108 valence electrons. The van der Waals surface area contributed by atoms with Crippen LogP contribution in [0, 0.1) is 5.41 Å². The summed E-state index contributed by atoms with van der Waals surface area (Å²) in [5, 5.41) is 15.2. The maximum Gasteiger partial charge on any atom is 0.219 e. The van der Waals surface area contributed by atoms with E-state index in [1.165, 1.54) is 17.3 Å². The Morgan fingerprint density at radius 2 is 1.90 bits per heavy atom. The maximum atomic E-state index is 10.5. The first kappa shape index (κ1) is 14.8. The number of benzene rings is 1. The topological polar surface area (TPSA) is 60.2 Å². The van der Waals surface area contributed by atoms with Gasteiger partial charge in [0.25, 0.3) is 0 Å². The van der Waals surface area contributed by atoms with Gasteiger partial charge in [-0.2, -0.15) is 5.10 Å². The lowest BCUT2D eigenvalue weighted by atomic mass is 9.88. The highest BCUT2D eigenvalue weighted by Gasteiger charge is 2.34. The van der Waals surface area contributed by atoms with Gasteiger partial charge in [0.1, 0.15) is 24.5 Å². The van der Waals surface area contributed by atoms with Crippen molar-refractivity contribution in [2.24, 2.45) is 5.41 Å². The first-order chi connectivity index (χ1) is 9.38. The normalized spacial score (nSPS) is 14.8. The van der Waals surface area contributed by atoms with E-state index in [-0.39, 0.29) is 5.41 Å². The van der Waals surface area contributed by atoms with E-state index in [4.69, 9.17) is 16.3 Å². The molecule has 0 aliphatic carbocycles. The monoisotopic (exact) mass is 295 g/mol. The second-order valence-electron chi connectivity index (χ2n) is 5.65. The van der Waals surface area contributed by atoms with E-state index in [0.717, 1.165) is 0 Å². The molecular weight excluding hydrogens is 278 g/mol. The predicted molar refractivity (Wildman–Crippen MR) is 76.6 cm³/mol. The fourth-order valence-electron chi connectivity index (χ4n) is 1.69. The number of hydrogen-bond acceptors (Lipinski definition) is 4. The van der Waals surface area contributed by atoms with E-state index < -0.39 is 12.3 Å². The van der Waals surface area contributed by atoms with Crippen molar-refractivity contribution in [2.75, 3.05) is 0 Å². The molecule has 1 aromatic heterocycles. The number of ether oxygens (including phenoxy) is 1. The standard InChI is InChI=1S/C14H18ClN3O2/c1-14(2,3)12(19)13(18-9-16-8-17-18)20-11-6-4-10(15)5-7-11/h4-9,12-13,19H,1-3H3/t12-,13-/m0/s1. The minimum Gasteiger partial charge on any atom is -0.466 e. The minimum atomic E-state index is -0.750. The van der Waals surface area contributed by atoms with E-state index in [1.54, 1.807) is 24.3 Å². The van der Waals surface area contributed by atoms with Crippen LogP contribution >= 0.6 is 11.6 Å². The van der Waals surface area contributed by atoms with Gasteiger partial charge in [-0.05, 0) is 29.7 Å². The summed E-state index contributed by atoms with van der Waals surface area (Å²) in [5.41, 5.74) is -0.358. The van der Waals surface area contributed by atoms with Crippen molar-refractivity contribution >= 4 is 11.6 Å². The molecular formula is C14H18ClN3O2. The van der Waals surface area contributed by atoms with Crippen molar-refractivity contribution in [2.45, 2.75) is 33.1 Å². The van der Waals surface area contributed by atoms with Crippen LogP contribution in [0.3, 0.4) is 0 Å². The minimum absolute atomic E-state index is 0.358. The molecule has 2 rings (SSSR count). The van der Waals surface area contributed by atoms with Crippen molar-refractivity contribution in [3.8, 4) is 5.75 Å². The van der Waals surface area contributed by atoms with Crippen LogP contribution in [0.1, 0.15) is 27.0 Å². The van der Waals surface area contributed by atoms with Crippen LogP contribution in [0.4, 0.5) is 0 Å². The highest BCUT2D eigenvalue weighted by Crippen LogP contribution is 2.30. The molecule has 0 aliphatic rings. The van der Waals surface area contributed by atoms with Gasteiger partial charge in [-0.3, -0.25) is 0 Å². The fraction of sp³-hybridized carbons (Fsp3) is 0.429. The summed E-state index contributed by atoms with van der Waals surface area (Å²) < 4.78 is 7.36. The smallest absolute Gasteiger partial charge is 0.219 e. The zero-order valence-corrected chi connectivity index (χ0v) is 12.4. The zero-order chi connectivity index (χ0) is 14.8. The lowest BCUT2D eigenvalue weighted by molar-refractivity contribution is -0.0731. The summed E-state index contributed by atoms with van der Waals surface area (Å²) in [7, 11) is 0. The van der Waals surface area contributed by atoms with Crippen LogP contribution in [0.25, 0.3) is 0 Å². The molecule has 0 saturated heterocycles. The molecule has 0 saturated carbocycles. The second-order valence-corrected chi connectivity index (χ2v) is 6.09. The number of aliphatic hydroxyl groups is 1. The maximum absolute atomic E-state index is 10.5. The van der Waals surface area contributed by atoms with Crippen molar-refractivity contribution < 1.29 is 9.84 Å². The lowest BCUT2D eigenvalue weighted by Gasteiger charge is -2.32. The molecule has 0 fully saturated rings. The number of hydrogen-bond donors (Lipinski definition) is 1. The lowest BCUT2D eigenvalue weighted by Crippen LogP contribution is -2.38. The van der Waals surface area contributed by atoms with Gasteiger partial charge in [0, 0.05) is 5.02 Å². The average molecular weight is 296 g/mol. The van der Waals surface area contributed by atoms with E-state index in [2.05, 4.69) is 10.1 Å². The summed E-state index contributed by atoms with van der Waals surface area (Å²) in [4.78, 5) is 3.90. The van der Waals surface area contributed by atoms with Gasteiger partial charge in [-0.1, -0.05) is 32.4 Å². The van der Waals surface area contributed by atoms with Crippen LogP contribution in [0.5, 0.6) is 5.75 Å². The summed E-state index contributed by atoms with van der Waals surface area (Å²) in [6.07, 6.45) is 1.53. The third kappa shape index (κ3) is 3.49. The van der Waals surface area contributed by atoms with Gasteiger partial charge in [-0.25, -0.2) is 9.67 Å². The highest BCUT2D eigenvalue weighted by molar-refractivity contribution is 6.30. The summed E-state index contributed by atoms with van der Waals surface area (Å²) >= 11 is 5.85.